The van der Waals surface area contributed by atoms with Crippen molar-refractivity contribution in [3.63, 3.8) is 0 Å². The fourth-order valence-electron chi connectivity index (χ4n) is 1.45. The molecule has 0 bridgehead atoms. The van der Waals surface area contributed by atoms with E-state index >= 15 is 0 Å². The van der Waals surface area contributed by atoms with Crippen molar-refractivity contribution < 1.29 is 0 Å². The van der Waals surface area contributed by atoms with E-state index in [1.807, 2.05) is 32.2 Å². The molecule has 0 aliphatic carbocycles. The Morgan fingerprint density at radius 3 is 2.31 bits per heavy atom. The van der Waals surface area contributed by atoms with E-state index < -0.39 is 0 Å². The number of nitrogens with one attached hydrogen (secondary N) is 1. The molecule has 0 unspecified atom stereocenters. The van der Waals surface area contributed by atoms with E-state index in [0.717, 1.165) is 11.3 Å². The van der Waals surface area contributed by atoms with Crippen molar-refractivity contribution in [2.75, 3.05) is 7.05 Å². The maximum atomic E-state index is 4.93. The molecule has 0 amide bonds. The lowest BCUT2D eigenvalue weighted by Crippen LogP contribution is -2.06. The van der Waals surface area contributed by atoms with Crippen LogP contribution in [0.3, 0.4) is 0 Å². The molecule has 2 heteroatoms. The van der Waals surface area contributed by atoms with Crippen LogP contribution in [0.1, 0.15) is 19.4 Å². The summed E-state index contributed by atoms with van der Waals surface area (Å²) in [6, 6.07) is 10.3. The lowest BCUT2D eigenvalue weighted by Gasteiger charge is -2.07. The van der Waals surface area contributed by atoms with E-state index in [1.165, 1.54) is 11.1 Å². The number of likely N-dealkylation sites (N-methyl/N-ethyl adjacent to an activating group) is 1. The monoisotopic (exact) mass is 231 g/mol. The van der Waals surface area contributed by atoms with E-state index in [2.05, 4.69) is 30.4 Å². The Labute approximate surface area is 103 Å². The summed E-state index contributed by atoms with van der Waals surface area (Å²) in [5.74, 6) is 0. The zero-order chi connectivity index (χ0) is 12.0. The molecule has 0 aliphatic rings. The second kappa shape index (κ2) is 6.23. The van der Waals surface area contributed by atoms with Gasteiger partial charge in [0.05, 0.1) is 0 Å². The Bertz CT molecular complexity index is 416. The summed E-state index contributed by atoms with van der Waals surface area (Å²) in [5, 5.41) is 4.85. The normalized spacial score (nSPS) is 13.1. The van der Waals surface area contributed by atoms with Crippen LogP contribution in [0, 0.1) is 0 Å². The summed E-state index contributed by atoms with van der Waals surface area (Å²) in [7, 11) is 1.91. The molecule has 0 radical (unpaired) electrons. The molecule has 0 aromatic heterocycles. The van der Waals surface area contributed by atoms with Gasteiger partial charge in [0, 0.05) is 18.1 Å². The molecule has 1 rings (SSSR count). The molecule has 1 nitrogen and oxygen atoms in total. The van der Waals surface area contributed by atoms with Gasteiger partial charge in [-0.1, -0.05) is 42.5 Å². The van der Waals surface area contributed by atoms with Crippen molar-refractivity contribution in [3.05, 3.63) is 53.2 Å². The zero-order valence-corrected chi connectivity index (χ0v) is 10.8. The van der Waals surface area contributed by atoms with Gasteiger partial charge in [-0.3, -0.25) is 0 Å². The van der Waals surface area contributed by atoms with E-state index in [4.69, 9.17) is 12.2 Å². The zero-order valence-electron chi connectivity index (χ0n) is 9.95. The van der Waals surface area contributed by atoms with Gasteiger partial charge < -0.3 is 5.32 Å². The third-order valence-electron chi connectivity index (χ3n) is 2.46. The van der Waals surface area contributed by atoms with Gasteiger partial charge in [-0.2, -0.15) is 0 Å². The van der Waals surface area contributed by atoms with Crippen molar-refractivity contribution in [1.82, 2.24) is 5.32 Å². The lowest BCUT2D eigenvalue weighted by molar-refractivity contribution is 1.02. The van der Waals surface area contributed by atoms with Crippen molar-refractivity contribution in [2.24, 2.45) is 0 Å². The van der Waals surface area contributed by atoms with E-state index in [-0.39, 0.29) is 0 Å². The molecular weight excluding hydrogens is 214 g/mol. The SMILES string of the molecule is CNC(/C=C(\C)c1ccccc1)=C(/C)C=S. The number of benzene rings is 1. The van der Waals surface area contributed by atoms with Gasteiger partial charge in [-0.15, -0.1) is 0 Å². The second-order valence-corrected chi connectivity index (χ2v) is 3.89. The Kier molecular flexibility index (Phi) is 4.93. The molecular formula is C14H17NS. The second-order valence-electron chi connectivity index (χ2n) is 3.66. The fourth-order valence-corrected chi connectivity index (χ4v) is 1.57. The van der Waals surface area contributed by atoms with Crippen molar-refractivity contribution in [2.45, 2.75) is 13.8 Å². The molecule has 0 atom stereocenters. The van der Waals surface area contributed by atoms with Gasteiger partial charge >= 0.3 is 0 Å². The van der Waals surface area contributed by atoms with Crippen LogP contribution in [0.25, 0.3) is 5.57 Å². The van der Waals surface area contributed by atoms with Gasteiger partial charge in [0.1, 0.15) is 0 Å². The van der Waals surface area contributed by atoms with Crippen LogP contribution in [0.5, 0.6) is 0 Å². The number of hydrogen-bond acceptors (Lipinski definition) is 2. The van der Waals surface area contributed by atoms with Crippen LogP contribution in [0.15, 0.2) is 47.7 Å². The smallest absolute Gasteiger partial charge is 0.0378 e. The lowest BCUT2D eigenvalue weighted by atomic mass is 10.1. The minimum absolute atomic E-state index is 1.07. The highest BCUT2D eigenvalue weighted by Gasteiger charge is 1.98. The predicted octanol–water partition coefficient (Wildman–Crippen LogP) is 3.58. The van der Waals surface area contributed by atoms with Gasteiger partial charge in [0.25, 0.3) is 0 Å². The molecule has 0 saturated heterocycles. The van der Waals surface area contributed by atoms with Crippen LogP contribution in [0.4, 0.5) is 0 Å². The molecule has 0 spiro atoms. The summed E-state index contributed by atoms with van der Waals surface area (Å²) >= 11 is 4.93. The summed E-state index contributed by atoms with van der Waals surface area (Å²) in [4.78, 5) is 0. The molecule has 16 heavy (non-hydrogen) atoms. The quantitative estimate of drug-likeness (QED) is 0.483. The minimum Gasteiger partial charge on any atom is -0.388 e. The largest absolute Gasteiger partial charge is 0.388 e. The molecule has 1 N–H and O–H groups in total. The molecule has 0 aliphatic heterocycles. The molecule has 0 fully saturated rings. The van der Waals surface area contributed by atoms with E-state index in [1.54, 1.807) is 5.37 Å². The molecule has 0 saturated carbocycles. The highest BCUT2D eigenvalue weighted by molar-refractivity contribution is 7.79. The fraction of sp³-hybridized carbons (Fsp3) is 0.214. The summed E-state index contributed by atoms with van der Waals surface area (Å²) in [6.45, 7) is 4.11. The first-order valence-corrected chi connectivity index (χ1v) is 5.73. The first kappa shape index (κ1) is 12.7. The maximum absolute atomic E-state index is 4.93. The van der Waals surface area contributed by atoms with Crippen molar-refractivity contribution >= 4 is 23.2 Å². The van der Waals surface area contributed by atoms with E-state index in [0.29, 0.717) is 0 Å². The van der Waals surface area contributed by atoms with Crippen LogP contribution < -0.4 is 5.32 Å². The molecule has 84 valence electrons. The van der Waals surface area contributed by atoms with Gasteiger partial charge in [0.2, 0.25) is 0 Å². The molecule has 1 aromatic carbocycles. The van der Waals surface area contributed by atoms with Crippen LogP contribution in [0.2, 0.25) is 0 Å². The van der Waals surface area contributed by atoms with Crippen molar-refractivity contribution in [1.29, 1.82) is 0 Å². The summed E-state index contributed by atoms with van der Waals surface area (Å²) < 4.78 is 0. The highest BCUT2D eigenvalue weighted by Crippen LogP contribution is 2.15. The average molecular weight is 231 g/mol. The van der Waals surface area contributed by atoms with Crippen LogP contribution in [-0.2, 0) is 0 Å². The maximum Gasteiger partial charge on any atom is 0.0378 e. The van der Waals surface area contributed by atoms with E-state index in [9.17, 15) is 0 Å². The van der Waals surface area contributed by atoms with Gasteiger partial charge in [0.15, 0.2) is 0 Å². The number of rotatable bonds is 4. The third kappa shape index (κ3) is 3.31. The Balaban J connectivity index is 3.05. The standard InChI is InChI=1S/C14H17NS/c1-11(13-7-5-4-6-8-13)9-14(15-3)12(2)10-16/h4-10,15H,1-3H3/b11-9+,14-12-. The highest BCUT2D eigenvalue weighted by atomic mass is 32.1. The Morgan fingerprint density at radius 1 is 1.19 bits per heavy atom. The first-order valence-electron chi connectivity index (χ1n) is 5.26. The van der Waals surface area contributed by atoms with Gasteiger partial charge in [-0.25, -0.2) is 0 Å². The Hall–Kier alpha value is -1.41. The average Bonchev–Trinajstić information content (AvgIpc) is 2.35. The third-order valence-corrected chi connectivity index (χ3v) is 2.81. The molecule has 0 heterocycles. The topological polar surface area (TPSA) is 12.0 Å². The Morgan fingerprint density at radius 2 is 1.81 bits per heavy atom. The summed E-state index contributed by atoms with van der Waals surface area (Å²) in [5.41, 5.74) is 4.60. The predicted molar refractivity (Wildman–Crippen MR) is 75.5 cm³/mol. The number of hydrogen-bond donors (Lipinski definition) is 1. The van der Waals surface area contributed by atoms with Crippen LogP contribution in [-0.4, -0.2) is 12.4 Å². The van der Waals surface area contributed by atoms with Crippen molar-refractivity contribution in [3.8, 4) is 0 Å². The first-order chi connectivity index (χ1) is 7.69. The van der Waals surface area contributed by atoms with Gasteiger partial charge in [-0.05, 0) is 36.6 Å². The number of allylic oxidation sites excluding steroid dienone is 3. The van der Waals surface area contributed by atoms with Crippen LogP contribution >= 0.6 is 12.2 Å². The minimum atomic E-state index is 1.07. The number of thiocarbonyl (C=S) groups is 1. The summed E-state index contributed by atoms with van der Waals surface area (Å²) in [6.07, 6.45) is 2.12. The molecule has 1 aromatic rings.